The van der Waals surface area contributed by atoms with Crippen LogP contribution in [0.25, 0.3) is 12.2 Å². The lowest BCUT2D eigenvalue weighted by molar-refractivity contribution is 0.106. The minimum absolute atomic E-state index is 0.0925. The van der Waals surface area contributed by atoms with Gasteiger partial charge in [0.1, 0.15) is 4.66 Å². The van der Waals surface area contributed by atoms with Crippen LogP contribution in [0.15, 0.2) is 57.8 Å². The minimum Gasteiger partial charge on any atom is -0.302 e. The Morgan fingerprint density at radius 1 is 1.12 bits per heavy atom. The number of rotatable bonds is 3. The van der Waals surface area contributed by atoms with Crippen molar-refractivity contribution in [2.24, 2.45) is 7.05 Å². The van der Waals surface area contributed by atoms with E-state index in [0.29, 0.717) is 14.8 Å². The number of benzene rings is 2. The minimum atomic E-state index is -0.100. The summed E-state index contributed by atoms with van der Waals surface area (Å²) in [7, 11) is 1.69. The van der Waals surface area contributed by atoms with Gasteiger partial charge in [0.05, 0.1) is 4.53 Å². The molecule has 0 atom stereocenters. The zero-order chi connectivity index (χ0) is 18.0. The second-order valence-corrected chi connectivity index (χ2v) is 7.67. The Bertz CT molecular complexity index is 1110. The van der Waals surface area contributed by atoms with Crippen LogP contribution in [0.2, 0.25) is 0 Å². The smallest absolute Gasteiger partial charge is 0.268 e. The Hall–Kier alpha value is -2.24. The molecule has 3 aromatic rings. The molecule has 3 nitrogen and oxygen atoms in total. The molecule has 0 N–H and O–H groups in total. The molecule has 126 valence electrons. The van der Waals surface area contributed by atoms with Crippen molar-refractivity contribution < 1.29 is 4.79 Å². The van der Waals surface area contributed by atoms with Gasteiger partial charge in [0.25, 0.3) is 5.56 Å². The quantitative estimate of drug-likeness (QED) is 0.619. The van der Waals surface area contributed by atoms with Gasteiger partial charge in [0, 0.05) is 23.2 Å². The van der Waals surface area contributed by atoms with Gasteiger partial charge in [0.2, 0.25) is 0 Å². The third kappa shape index (κ3) is 3.89. The van der Waals surface area contributed by atoms with E-state index in [1.54, 1.807) is 13.1 Å². The molecule has 0 aliphatic carbocycles. The molecule has 3 rings (SSSR count). The van der Waals surface area contributed by atoms with Crippen LogP contribution in [0.1, 0.15) is 21.5 Å². The lowest BCUT2D eigenvalue weighted by atomic mass is 10.1. The number of hydrogen-bond acceptors (Lipinski definition) is 3. The Labute approximate surface area is 157 Å². The van der Waals surface area contributed by atoms with E-state index in [-0.39, 0.29) is 11.3 Å². The SMILES string of the molecule is Cc1ccccc1C(=O)/C=c1\s/c(=C\c2ccc(Br)cc2)c(=O)n1C. The lowest BCUT2D eigenvalue weighted by Gasteiger charge is -1.99. The number of aromatic nitrogens is 1. The van der Waals surface area contributed by atoms with Gasteiger partial charge in [-0.25, -0.2) is 0 Å². The summed E-state index contributed by atoms with van der Waals surface area (Å²) in [5.74, 6) is -0.0925. The van der Waals surface area contributed by atoms with E-state index >= 15 is 0 Å². The van der Waals surface area contributed by atoms with Crippen molar-refractivity contribution in [1.82, 2.24) is 4.57 Å². The van der Waals surface area contributed by atoms with E-state index in [4.69, 9.17) is 0 Å². The molecule has 1 aromatic heterocycles. The highest BCUT2D eigenvalue weighted by Gasteiger charge is 2.07. The van der Waals surface area contributed by atoms with E-state index in [0.717, 1.165) is 15.6 Å². The molecule has 5 heteroatoms. The summed E-state index contributed by atoms with van der Waals surface area (Å²) < 4.78 is 3.75. The van der Waals surface area contributed by atoms with Crippen LogP contribution in [0.3, 0.4) is 0 Å². The first-order valence-corrected chi connectivity index (χ1v) is 9.31. The van der Waals surface area contributed by atoms with Gasteiger partial charge < -0.3 is 4.57 Å². The lowest BCUT2D eigenvalue weighted by Crippen LogP contribution is -2.29. The predicted molar refractivity (Wildman–Crippen MR) is 106 cm³/mol. The van der Waals surface area contributed by atoms with Crippen molar-refractivity contribution in [2.45, 2.75) is 6.92 Å². The second-order valence-electron chi connectivity index (χ2n) is 5.69. The normalized spacial score (nSPS) is 12.6. The van der Waals surface area contributed by atoms with Crippen molar-refractivity contribution in [2.75, 3.05) is 0 Å². The highest BCUT2D eigenvalue weighted by Crippen LogP contribution is 2.11. The summed E-state index contributed by atoms with van der Waals surface area (Å²) in [6.07, 6.45) is 3.38. The van der Waals surface area contributed by atoms with Crippen LogP contribution in [-0.2, 0) is 7.05 Å². The number of Topliss-reactive ketones (excluding diaryl/α,β-unsaturated/α-hetero) is 1. The van der Waals surface area contributed by atoms with E-state index in [1.165, 1.54) is 22.0 Å². The number of hydrogen-bond donors (Lipinski definition) is 0. The molecule has 0 bridgehead atoms. The number of aryl methyl sites for hydroxylation is 1. The fourth-order valence-corrected chi connectivity index (χ4v) is 3.75. The maximum Gasteiger partial charge on any atom is 0.268 e. The van der Waals surface area contributed by atoms with Gasteiger partial charge in [-0.2, -0.15) is 0 Å². The van der Waals surface area contributed by atoms with Crippen LogP contribution >= 0.6 is 27.3 Å². The van der Waals surface area contributed by atoms with Crippen LogP contribution in [0.5, 0.6) is 0 Å². The van der Waals surface area contributed by atoms with E-state index in [2.05, 4.69) is 15.9 Å². The number of halogens is 1. The van der Waals surface area contributed by atoms with E-state index in [9.17, 15) is 9.59 Å². The number of carbonyl (C=O) groups is 1. The maximum absolute atomic E-state index is 12.5. The molecule has 0 amide bonds. The molecule has 0 saturated carbocycles. The summed E-state index contributed by atoms with van der Waals surface area (Å²) in [5, 5.41) is 0. The Morgan fingerprint density at radius 2 is 1.80 bits per heavy atom. The predicted octanol–water partition coefficient (Wildman–Crippen LogP) is 3.01. The molecule has 25 heavy (non-hydrogen) atoms. The number of ketones is 1. The summed E-state index contributed by atoms with van der Waals surface area (Å²) in [4.78, 5) is 25.0. The molecule has 1 heterocycles. The highest BCUT2D eigenvalue weighted by molar-refractivity contribution is 9.10. The van der Waals surface area contributed by atoms with Crippen LogP contribution in [0, 0.1) is 6.92 Å². The molecular formula is C20H16BrNO2S. The molecular weight excluding hydrogens is 398 g/mol. The summed E-state index contributed by atoms with van der Waals surface area (Å²) >= 11 is 4.72. The topological polar surface area (TPSA) is 39.1 Å². The average Bonchev–Trinajstić information content (AvgIpc) is 2.85. The summed E-state index contributed by atoms with van der Waals surface area (Å²) in [6.45, 7) is 1.90. The first kappa shape index (κ1) is 17.6. The number of carbonyl (C=O) groups excluding carboxylic acids is 1. The number of thiazole rings is 1. The van der Waals surface area contributed by atoms with Crippen LogP contribution in [0.4, 0.5) is 0 Å². The van der Waals surface area contributed by atoms with Gasteiger partial charge in [-0.3, -0.25) is 9.59 Å². The van der Waals surface area contributed by atoms with Gasteiger partial charge in [-0.05, 0) is 36.3 Å². The Kier molecular flexibility index (Phi) is 5.16. The zero-order valence-corrected chi connectivity index (χ0v) is 16.2. The van der Waals surface area contributed by atoms with Crippen molar-refractivity contribution in [3.63, 3.8) is 0 Å². The van der Waals surface area contributed by atoms with Crippen LogP contribution < -0.4 is 14.8 Å². The fourth-order valence-electron chi connectivity index (χ4n) is 2.46. The summed E-state index contributed by atoms with van der Waals surface area (Å²) in [5.41, 5.74) is 2.42. The first-order valence-electron chi connectivity index (χ1n) is 7.70. The standard InChI is InChI=1S/C20H16BrNO2S/c1-13-5-3-4-6-16(13)17(23)12-19-22(2)20(24)18(25-19)11-14-7-9-15(21)10-8-14/h3-12H,1-2H3/b18-11-,19-12-. The molecule has 0 unspecified atom stereocenters. The van der Waals surface area contributed by atoms with Crippen molar-refractivity contribution >= 4 is 45.2 Å². The molecule has 0 fully saturated rings. The first-order chi connectivity index (χ1) is 12.0. The third-order valence-corrected chi connectivity index (χ3v) is 5.54. The number of nitrogens with zero attached hydrogens (tertiary/aromatic N) is 1. The van der Waals surface area contributed by atoms with Crippen LogP contribution in [-0.4, -0.2) is 10.4 Å². The van der Waals surface area contributed by atoms with Crippen molar-refractivity contribution in [1.29, 1.82) is 0 Å². The molecule has 0 saturated heterocycles. The molecule has 0 aliphatic heterocycles. The monoisotopic (exact) mass is 413 g/mol. The average molecular weight is 414 g/mol. The van der Waals surface area contributed by atoms with Gasteiger partial charge in [-0.1, -0.05) is 52.3 Å². The molecule has 0 spiro atoms. The van der Waals surface area contributed by atoms with E-state index in [1.807, 2.05) is 55.5 Å². The van der Waals surface area contributed by atoms with E-state index < -0.39 is 0 Å². The maximum atomic E-state index is 12.5. The fraction of sp³-hybridized carbons (Fsp3) is 0.100. The summed E-state index contributed by atoms with van der Waals surface area (Å²) in [6, 6.07) is 15.2. The Balaban J connectivity index is 2.07. The zero-order valence-electron chi connectivity index (χ0n) is 13.8. The van der Waals surface area contributed by atoms with Gasteiger partial charge in [0.15, 0.2) is 5.78 Å². The molecule has 0 radical (unpaired) electrons. The van der Waals surface area contributed by atoms with Gasteiger partial charge >= 0.3 is 0 Å². The van der Waals surface area contributed by atoms with Gasteiger partial charge in [-0.15, -0.1) is 11.3 Å². The van der Waals surface area contributed by atoms with Crippen molar-refractivity contribution in [3.8, 4) is 0 Å². The largest absolute Gasteiger partial charge is 0.302 e. The highest BCUT2D eigenvalue weighted by atomic mass is 79.9. The third-order valence-electron chi connectivity index (χ3n) is 3.89. The second kappa shape index (κ2) is 7.33. The van der Waals surface area contributed by atoms with Crippen molar-refractivity contribution in [3.05, 3.63) is 89.2 Å². The molecule has 0 aliphatic rings. The Morgan fingerprint density at radius 3 is 2.48 bits per heavy atom. The molecule has 2 aromatic carbocycles.